The largest absolute Gasteiger partial charge is 0.351 e. The Morgan fingerprint density at radius 3 is 2.92 bits per heavy atom. The Kier molecular flexibility index (Phi) is 4.57. The minimum absolute atomic E-state index is 0.0112. The molecule has 0 saturated carbocycles. The number of carbonyl (C=O) groups excluding carboxylic acids is 1. The summed E-state index contributed by atoms with van der Waals surface area (Å²) in [7, 11) is 0. The lowest BCUT2D eigenvalue weighted by molar-refractivity contribution is -0.385. The maximum absolute atomic E-state index is 12.2. The highest BCUT2D eigenvalue weighted by molar-refractivity contribution is 7.15. The van der Waals surface area contributed by atoms with Crippen LogP contribution >= 0.6 is 11.3 Å². The number of nitro benzene ring substituents is 1. The summed E-state index contributed by atoms with van der Waals surface area (Å²) < 4.78 is 1.51. The Morgan fingerprint density at radius 1 is 1.40 bits per heavy atom. The number of fused-ring (bicyclic) bond motifs is 1. The molecule has 0 atom stereocenters. The third-order valence-corrected chi connectivity index (χ3v) is 4.49. The first-order valence-electron chi connectivity index (χ1n) is 7.46. The number of para-hydroxylation sites is 1. The molecule has 0 saturated heterocycles. The molecular weight excluding hydrogens is 344 g/mol. The Morgan fingerprint density at radius 2 is 2.16 bits per heavy atom. The van der Waals surface area contributed by atoms with Gasteiger partial charge in [-0.1, -0.05) is 12.1 Å². The van der Waals surface area contributed by atoms with Crippen LogP contribution in [-0.4, -0.2) is 26.8 Å². The SMILES string of the molecule is Cc1cc(=O)n2c(CCNC(=O)c3ccccc3[N+](=O)[O-])csc2n1. The van der Waals surface area contributed by atoms with E-state index in [0.717, 1.165) is 5.69 Å². The van der Waals surface area contributed by atoms with Gasteiger partial charge >= 0.3 is 0 Å². The van der Waals surface area contributed by atoms with E-state index in [0.29, 0.717) is 17.1 Å². The van der Waals surface area contributed by atoms with Gasteiger partial charge in [-0.3, -0.25) is 24.1 Å². The van der Waals surface area contributed by atoms with Gasteiger partial charge in [0.1, 0.15) is 5.56 Å². The van der Waals surface area contributed by atoms with E-state index < -0.39 is 10.8 Å². The van der Waals surface area contributed by atoms with Crippen molar-refractivity contribution in [1.82, 2.24) is 14.7 Å². The number of rotatable bonds is 5. The molecule has 1 aromatic carbocycles. The predicted octanol–water partition coefficient (Wildman–Crippen LogP) is 1.95. The molecular formula is C16H14N4O4S. The highest BCUT2D eigenvalue weighted by atomic mass is 32.1. The lowest BCUT2D eigenvalue weighted by Gasteiger charge is -2.06. The van der Waals surface area contributed by atoms with Gasteiger partial charge in [-0.15, -0.1) is 11.3 Å². The molecule has 25 heavy (non-hydrogen) atoms. The topological polar surface area (TPSA) is 107 Å². The molecule has 2 heterocycles. The van der Waals surface area contributed by atoms with Crippen molar-refractivity contribution in [3.05, 3.63) is 73.1 Å². The molecule has 128 valence electrons. The van der Waals surface area contributed by atoms with Gasteiger partial charge in [0.05, 0.1) is 4.92 Å². The predicted molar refractivity (Wildman–Crippen MR) is 93.2 cm³/mol. The maximum atomic E-state index is 12.2. The molecule has 3 rings (SSSR count). The van der Waals surface area contributed by atoms with Crippen LogP contribution in [0.4, 0.5) is 5.69 Å². The van der Waals surface area contributed by atoms with Gasteiger partial charge in [-0.25, -0.2) is 4.98 Å². The summed E-state index contributed by atoms with van der Waals surface area (Å²) in [5, 5.41) is 15.5. The second-order valence-electron chi connectivity index (χ2n) is 5.36. The van der Waals surface area contributed by atoms with Crippen LogP contribution in [0.25, 0.3) is 4.96 Å². The van der Waals surface area contributed by atoms with Crippen molar-refractivity contribution < 1.29 is 9.72 Å². The lowest BCUT2D eigenvalue weighted by atomic mass is 10.1. The molecule has 0 aliphatic carbocycles. The van der Waals surface area contributed by atoms with E-state index in [2.05, 4.69) is 10.3 Å². The zero-order valence-corrected chi connectivity index (χ0v) is 14.1. The van der Waals surface area contributed by atoms with E-state index in [4.69, 9.17) is 0 Å². The molecule has 1 amide bonds. The van der Waals surface area contributed by atoms with Gasteiger partial charge in [0.2, 0.25) is 0 Å². The van der Waals surface area contributed by atoms with Crippen molar-refractivity contribution in [2.24, 2.45) is 0 Å². The standard InChI is InChI=1S/C16H14N4O4S/c1-10-8-14(21)19-11(9-25-16(19)18-10)6-7-17-15(22)12-4-2-3-5-13(12)20(23)24/h2-5,8-9H,6-7H2,1H3,(H,17,22). The summed E-state index contributed by atoms with van der Waals surface area (Å²) in [5.74, 6) is -0.520. The second kappa shape index (κ2) is 6.81. The first-order valence-corrected chi connectivity index (χ1v) is 8.33. The number of carbonyl (C=O) groups is 1. The number of nitro groups is 1. The summed E-state index contributed by atoms with van der Waals surface area (Å²) in [6.45, 7) is 2.00. The van der Waals surface area contributed by atoms with Crippen LogP contribution in [0.2, 0.25) is 0 Å². The summed E-state index contributed by atoms with van der Waals surface area (Å²) >= 11 is 1.35. The van der Waals surface area contributed by atoms with Crippen molar-refractivity contribution in [1.29, 1.82) is 0 Å². The van der Waals surface area contributed by atoms with E-state index in [1.165, 1.54) is 40.0 Å². The van der Waals surface area contributed by atoms with Crippen molar-refractivity contribution >= 4 is 27.9 Å². The van der Waals surface area contributed by atoms with Gasteiger partial charge in [0, 0.05) is 41.9 Å². The average Bonchev–Trinajstić information content (AvgIpc) is 2.97. The van der Waals surface area contributed by atoms with E-state index in [9.17, 15) is 19.7 Å². The third kappa shape index (κ3) is 3.41. The highest BCUT2D eigenvalue weighted by Gasteiger charge is 2.18. The van der Waals surface area contributed by atoms with Crippen LogP contribution in [0.3, 0.4) is 0 Å². The van der Waals surface area contributed by atoms with E-state index >= 15 is 0 Å². The van der Waals surface area contributed by atoms with E-state index in [-0.39, 0.29) is 23.4 Å². The molecule has 2 aromatic heterocycles. The second-order valence-corrected chi connectivity index (χ2v) is 6.20. The summed E-state index contributed by atoms with van der Waals surface area (Å²) in [4.78, 5) is 39.6. The van der Waals surface area contributed by atoms with E-state index in [1.54, 1.807) is 13.0 Å². The van der Waals surface area contributed by atoms with Crippen LogP contribution in [-0.2, 0) is 6.42 Å². The first kappa shape index (κ1) is 16.8. The van der Waals surface area contributed by atoms with E-state index in [1.807, 2.05) is 5.38 Å². The number of nitrogens with one attached hydrogen (secondary N) is 1. The zero-order valence-electron chi connectivity index (χ0n) is 13.3. The van der Waals surface area contributed by atoms with Gasteiger partial charge in [-0.2, -0.15) is 0 Å². The molecule has 0 bridgehead atoms. The van der Waals surface area contributed by atoms with Crippen LogP contribution < -0.4 is 10.9 Å². The van der Waals surface area contributed by atoms with Crippen LogP contribution in [0.15, 0.2) is 40.5 Å². The van der Waals surface area contributed by atoms with Crippen molar-refractivity contribution in [2.75, 3.05) is 6.54 Å². The van der Waals surface area contributed by atoms with Crippen LogP contribution in [0.5, 0.6) is 0 Å². The van der Waals surface area contributed by atoms with Crippen LogP contribution in [0.1, 0.15) is 21.7 Å². The first-order chi connectivity index (χ1) is 12.0. The highest BCUT2D eigenvalue weighted by Crippen LogP contribution is 2.17. The number of aryl methyl sites for hydroxylation is 1. The fourth-order valence-electron chi connectivity index (χ4n) is 2.48. The van der Waals surface area contributed by atoms with Crippen LogP contribution in [0, 0.1) is 17.0 Å². The molecule has 0 fully saturated rings. The van der Waals surface area contributed by atoms with Crippen molar-refractivity contribution in [3.8, 4) is 0 Å². The summed E-state index contributed by atoms with van der Waals surface area (Å²) in [5.41, 5.74) is 1.00. The fourth-order valence-corrected chi connectivity index (χ4v) is 3.46. The smallest absolute Gasteiger partial charge is 0.282 e. The number of hydrogen-bond acceptors (Lipinski definition) is 6. The maximum Gasteiger partial charge on any atom is 0.282 e. The zero-order chi connectivity index (χ0) is 18.0. The number of thiazole rings is 1. The molecule has 9 heteroatoms. The number of aromatic nitrogens is 2. The Hall–Kier alpha value is -3.07. The molecule has 8 nitrogen and oxygen atoms in total. The van der Waals surface area contributed by atoms with Gasteiger partial charge < -0.3 is 5.32 Å². The quantitative estimate of drug-likeness (QED) is 0.554. The number of amides is 1. The molecule has 0 spiro atoms. The number of benzene rings is 1. The molecule has 0 radical (unpaired) electrons. The average molecular weight is 358 g/mol. The lowest BCUT2D eigenvalue weighted by Crippen LogP contribution is -2.27. The Bertz CT molecular complexity index is 1020. The van der Waals surface area contributed by atoms with Gasteiger partial charge in [0.25, 0.3) is 17.2 Å². The summed E-state index contributed by atoms with van der Waals surface area (Å²) in [6.07, 6.45) is 0.414. The van der Waals surface area contributed by atoms with Gasteiger partial charge in [0.15, 0.2) is 4.96 Å². The normalized spacial score (nSPS) is 10.8. The van der Waals surface area contributed by atoms with Crippen molar-refractivity contribution in [2.45, 2.75) is 13.3 Å². The molecule has 0 aliphatic heterocycles. The molecule has 0 unspecified atom stereocenters. The minimum atomic E-state index is -0.588. The Labute approximate surface area is 145 Å². The molecule has 3 aromatic rings. The number of nitrogens with zero attached hydrogens (tertiary/aromatic N) is 3. The minimum Gasteiger partial charge on any atom is -0.351 e. The Balaban J connectivity index is 1.73. The number of hydrogen-bond donors (Lipinski definition) is 1. The molecule has 1 N–H and O–H groups in total. The summed E-state index contributed by atoms with van der Waals surface area (Å²) in [6, 6.07) is 7.23. The molecule has 0 aliphatic rings. The fraction of sp³-hybridized carbons (Fsp3) is 0.188. The van der Waals surface area contributed by atoms with Crippen molar-refractivity contribution in [3.63, 3.8) is 0 Å². The van der Waals surface area contributed by atoms with Gasteiger partial charge in [-0.05, 0) is 13.0 Å². The monoisotopic (exact) mass is 358 g/mol. The third-order valence-electron chi connectivity index (χ3n) is 3.62.